The molecule has 0 amide bonds. The molecule has 0 aromatic carbocycles. The van der Waals surface area contributed by atoms with Crippen molar-refractivity contribution in [3.8, 4) is 0 Å². The molecule has 0 saturated carbocycles. The van der Waals surface area contributed by atoms with E-state index in [1.807, 2.05) is 26.8 Å². The highest BCUT2D eigenvalue weighted by Crippen LogP contribution is 2.61. The van der Waals surface area contributed by atoms with Gasteiger partial charge in [-0.05, 0) is 25.3 Å². The average molecular weight is 361 g/mol. The van der Waals surface area contributed by atoms with Crippen molar-refractivity contribution in [2.45, 2.75) is 65.1 Å². The van der Waals surface area contributed by atoms with Crippen LogP contribution in [0.15, 0.2) is 22.3 Å². The van der Waals surface area contributed by atoms with Gasteiger partial charge in [-0.15, -0.1) is 0 Å². The van der Waals surface area contributed by atoms with Crippen LogP contribution in [0.4, 0.5) is 0 Å². The van der Waals surface area contributed by atoms with Crippen LogP contribution >= 0.6 is 0 Å². The van der Waals surface area contributed by atoms with Crippen molar-refractivity contribution in [3.63, 3.8) is 0 Å². The quantitative estimate of drug-likeness (QED) is 0.648. The Bertz CT molecular complexity index is 775. The normalized spacial score (nSPS) is 33.0. The summed E-state index contributed by atoms with van der Waals surface area (Å²) in [6, 6.07) is 0. The van der Waals surface area contributed by atoms with E-state index in [0.717, 1.165) is 11.1 Å². The van der Waals surface area contributed by atoms with Gasteiger partial charge < -0.3 is 24.2 Å². The number of furan rings is 1. The molecular weight excluding hydrogens is 336 g/mol. The van der Waals surface area contributed by atoms with Crippen LogP contribution in [-0.2, 0) is 26.3 Å². The third kappa shape index (κ3) is 2.58. The lowest BCUT2D eigenvalue weighted by atomic mass is 9.51. The van der Waals surface area contributed by atoms with Crippen molar-refractivity contribution in [3.05, 3.63) is 34.8 Å². The van der Waals surface area contributed by atoms with E-state index < -0.39 is 17.0 Å². The minimum absolute atomic E-state index is 0.00762. The van der Waals surface area contributed by atoms with Crippen LogP contribution in [0.5, 0.6) is 0 Å². The maximum atomic E-state index is 11.9. The number of carboxylic acids is 1. The molecule has 0 unspecified atom stereocenters. The number of rotatable bonds is 4. The number of hydrogen-bond acceptors (Lipinski definition) is 6. The summed E-state index contributed by atoms with van der Waals surface area (Å²) >= 11 is 0. The third-order valence-electron chi connectivity index (χ3n) is 6.42. The first-order chi connectivity index (χ1) is 12.1. The number of carbonyl (C=O) groups excluding carboxylic acids is 2. The lowest BCUT2D eigenvalue weighted by Gasteiger charge is -2.56. The summed E-state index contributed by atoms with van der Waals surface area (Å²) in [4.78, 5) is 22.6. The molecule has 26 heavy (non-hydrogen) atoms. The summed E-state index contributed by atoms with van der Waals surface area (Å²) in [7, 11) is 0. The number of ether oxygens (including phenoxy) is 1. The first-order valence-electron chi connectivity index (χ1n) is 8.97. The highest BCUT2D eigenvalue weighted by molar-refractivity contribution is 5.66. The van der Waals surface area contributed by atoms with Gasteiger partial charge in [-0.3, -0.25) is 4.79 Å². The minimum Gasteiger partial charge on any atom is -0.550 e. The van der Waals surface area contributed by atoms with Gasteiger partial charge in [-0.2, -0.15) is 0 Å². The third-order valence-corrected chi connectivity index (χ3v) is 6.42. The van der Waals surface area contributed by atoms with Gasteiger partial charge in [0.15, 0.2) is 0 Å². The molecular formula is C20H25O6-. The molecule has 0 aliphatic heterocycles. The fourth-order valence-corrected chi connectivity index (χ4v) is 4.88. The molecule has 6 heteroatoms. The molecule has 1 aromatic rings. The maximum Gasteiger partial charge on any atom is 0.302 e. The fraction of sp³-hybridized carbons (Fsp3) is 0.600. The maximum absolute atomic E-state index is 11.9. The van der Waals surface area contributed by atoms with Gasteiger partial charge >= 0.3 is 5.97 Å². The summed E-state index contributed by atoms with van der Waals surface area (Å²) in [6.07, 6.45) is 4.09. The summed E-state index contributed by atoms with van der Waals surface area (Å²) in [5.74, 6) is -1.09. The number of hydrogen-bond donors (Lipinski definition) is 1. The zero-order valence-electron chi connectivity index (χ0n) is 15.6. The summed E-state index contributed by atoms with van der Waals surface area (Å²) in [6.45, 7) is 7.10. The van der Waals surface area contributed by atoms with E-state index in [2.05, 4.69) is 0 Å². The number of esters is 1. The molecule has 142 valence electrons. The Hall–Kier alpha value is -2.08. The van der Waals surface area contributed by atoms with E-state index in [-0.39, 0.29) is 30.8 Å². The SMILES string of the molecule is CC(=O)O[C@H]1CC=C2Cc3occ(C)c3[C@](O)(CCC(=O)[O-])[C@]2(C)[C@H]1C. The van der Waals surface area contributed by atoms with Crippen molar-refractivity contribution in [1.82, 2.24) is 0 Å². The standard InChI is InChI=1S/C20H26O6/c1-11-10-25-16-9-14-5-6-15(26-13(3)21)12(2)19(14,4)20(24,18(11)16)8-7-17(22)23/h5,10,12,15,24H,6-9H2,1-4H3,(H,22,23)/p-1/t12-,15-,19+,20+/m0/s1. The Balaban J connectivity index is 2.14. The van der Waals surface area contributed by atoms with Gasteiger partial charge in [-0.1, -0.05) is 25.5 Å². The number of fused-ring (bicyclic) bond motifs is 2. The van der Waals surface area contributed by atoms with Gasteiger partial charge in [0.05, 0.1) is 6.26 Å². The van der Waals surface area contributed by atoms with Crippen LogP contribution in [0.25, 0.3) is 0 Å². The lowest BCUT2D eigenvalue weighted by Crippen LogP contribution is -2.57. The van der Waals surface area contributed by atoms with Gasteiger partial charge in [0.2, 0.25) is 0 Å². The van der Waals surface area contributed by atoms with Crippen LogP contribution in [0, 0.1) is 18.3 Å². The monoisotopic (exact) mass is 361 g/mol. The number of aryl methyl sites for hydroxylation is 1. The summed E-state index contributed by atoms with van der Waals surface area (Å²) in [5, 5.41) is 23.0. The summed E-state index contributed by atoms with van der Waals surface area (Å²) < 4.78 is 11.1. The van der Waals surface area contributed by atoms with Crippen LogP contribution in [0.3, 0.4) is 0 Å². The largest absolute Gasteiger partial charge is 0.550 e. The van der Waals surface area contributed by atoms with E-state index in [9.17, 15) is 19.8 Å². The van der Waals surface area contributed by atoms with Gasteiger partial charge in [0.1, 0.15) is 17.5 Å². The Morgan fingerprint density at radius 2 is 2.15 bits per heavy atom. The molecule has 0 spiro atoms. The molecule has 4 atom stereocenters. The average Bonchev–Trinajstić information content (AvgIpc) is 2.93. The molecule has 0 saturated heterocycles. The second-order valence-electron chi connectivity index (χ2n) is 7.73. The molecule has 0 bridgehead atoms. The van der Waals surface area contributed by atoms with Gasteiger partial charge in [0.25, 0.3) is 0 Å². The molecule has 6 nitrogen and oxygen atoms in total. The molecule has 0 fully saturated rings. The van der Waals surface area contributed by atoms with Gasteiger partial charge in [0, 0.05) is 42.6 Å². The van der Waals surface area contributed by atoms with Gasteiger partial charge in [-0.25, -0.2) is 0 Å². The Morgan fingerprint density at radius 3 is 2.77 bits per heavy atom. The molecule has 2 aliphatic rings. The number of aliphatic carboxylic acids is 1. The Labute approximate surface area is 152 Å². The zero-order valence-corrected chi connectivity index (χ0v) is 15.6. The number of aliphatic hydroxyl groups is 1. The molecule has 1 N–H and O–H groups in total. The second-order valence-corrected chi connectivity index (χ2v) is 7.73. The number of carbonyl (C=O) groups is 2. The van der Waals surface area contributed by atoms with Crippen LogP contribution in [-0.4, -0.2) is 23.1 Å². The van der Waals surface area contributed by atoms with E-state index in [4.69, 9.17) is 9.15 Å². The van der Waals surface area contributed by atoms with Crippen molar-refractivity contribution < 1.29 is 29.0 Å². The van der Waals surface area contributed by atoms with Crippen LogP contribution in [0.2, 0.25) is 0 Å². The smallest absolute Gasteiger partial charge is 0.302 e. The van der Waals surface area contributed by atoms with Crippen LogP contribution < -0.4 is 5.11 Å². The molecule has 3 rings (SSSR count). The Kier molecular flexibility index (Phi) is 4.51. The van der Waals surface area contributed by atoms with E-state index in [0.29, 0.717) is 24.2 Å². The fourth-order valence-electron chi connectivity index (χ4n) is 4.88. The van der Waals surface area contributed by atoms with Crippen molar-refractivity contribution in [1.29, 1.82) is 0 Å². The highest BCUT2D eigenvalue weighted by atomic mass is 16.5. The van der Waals surface area contributed by atoms with E-state index in [1.165, 1.54) is 6.92 Å². The van der Waals surface area contributed by atoms with Crippen molar-refractivity contribution >= 4 is 11.9 Å². The van der Waals surface area contributed by atoms with Crippen molar-refractivity contribution in [2.75, 3.05) is 0 Å². The van der Waals surface area contributed by atoms with Crippen molar-refractivity contribution in [2.24, 2.45) is 11.3 Å². The predicted molar refractivity (Wildman–Crippen MR) is 90.8 cm³/mol. The predicted octanol–water partition coefficient (Wildman–Crippen LogP) is 1.77. The molecule has 1 heterocycles. The number of carboxylic acid groups (broad SMARTS) is 1. The minimum atomic E-state index is -1.44. The first-order valence-corrected chi connectivity index (χ1v) is 8.97. The highest BCUT2D eigenvalue weighted by Gasteiger charge is 2.60. The first kappa shape index (κ1) is 18.7. The topological polar surface area (TPSA) is 99.8 Å². The Morgan fingerprint density at radius 1 is 1.46 bits per heavy atom. The molecule has 0 radical (unpaired) electrons. The lowest BCUT2D eigenvalue weighted by molar-refractivity contribution is -0.307. The summed E-state index contributed by atoms with van der Waals surface area (Å²) in [5.41, 5.74) is 0.234. The molecule has 1 aromatic heterocycles. The van der Waals surface area contributed by atoms with E-state index >= 15 is 0 Å². The second kappa shape index (κ2) is 6.27. The zero-order chi connectivity index (χ0) is 19.3. The van der Waals surface area contributed by atoms with E-state index in [1.54, 1.807) is 6.26 Å². The molecule has 2 aliphatic carbocycles. The van der Waals surface area contributed by atoms with Crippen LogP contribution in [0.1, 0.15) is 56.9 Å².